The highest BCUT2D eigenvalue weighted by Gasteiger charge is 2.21. The molecule has 1 heterocycles. The van der Waals surface area contributed by atoms with E-state index in [9.17, 15) is 4.39 Å². The van der Waals surface area contributed by atoms with Gasteiger partial charge >= 0.3 is 0 Å². The second-order valence-electron chi connectivity index (χ2n) is 4.54. The third-order valence-corrected chi connectivity index (χ3v) is 3.65. The number of hydrogen-bond donors (Lipinski definition) is 0. The van der Waals surface area contributed by atoms with Gasteiger partial charge in [-0.15, -0.1) is 0 Å². The number of pyridine rings is 1. The van der Waals surface area contributed by atoms with Gasteiger partial charge in [-0.3, -0.25) is 0 Å². The van der Waals surface area contributed by atoms with Gasteiger partial charge in [0.25, 0.3) is 0 Å². The zero-order valence-electron chi connectivity index (χ0n) is 9.25. The molecule has 0 radical (unpaired) electrons. The fourth-order valence-corrected chi connectivity index (χ4v) is 2.53. The highest BCUT2D eigenvalue weighted by Crippen LogP contribution is 2.36. The molecule has 0 aliphatic heterocycles. The summed E-state index contributed by atoms with van der Waals surface area (Å²) < 4.78 is 12.7. The monoisotopic (exact) mass is 207 g/mol. The van der Waals surface area contributed by atoms with Crippen LogP contribution in [0.25, 0.3) is 0 Å². The average molecular weight is 207 g/mol. The molecule has 0 aromatic carbocycles. The molecule has 2 heteroatoms. The number of rotatable bonds is 2. The van der Waals surface area contributed by atoms with Gasteiger partial charge in [0.15, 0.2) is 0 Å². The molecule has 82 valence electrons. The first-order chi connectivity index (χ1) is 7.29. The van der Waals surface area contributed by atoms with Crippen LogP contribution in [0.5, 0.6) is 0 Å². The molecule has 0 amide bonds. The lowest BCUT2D eigenvalue weighted by molar-refractivity contribution is 0.318. The summed E-state index contributed by atoms with van der Waals surface area (Å²) in [6, 6.07) is 3.36. The number of halogens is 1. The van der Waals surface area contributed by atoms with Crippen molar-refractivity contribution in [2.45, 2.75) is 44.9 Å². The van der Waals surface area contributed by atoms with Crippen LogP contribution in [0.15, 0.2) is 18.3 Å². The van der Waals surface area contributed by atoms with Crippen molar-refractivity contribution in [3.8, 4) is 0 Å². The number of aromatic nitrogens is 1. The van der Waals surface area contributed by atoms with Gasteiger partial charge < -0.3 is 0 Å². The van der Waals surface area contributed by atoms with E-state index < -0.39 is 0 Å². The quantitative estimate of drug-likeness (QED) is 0.670. The molecule has 0 saturated heterocycles. The van der Waals surface area contributed by atoms with E-state index in [2.05, 4.69) is 11.9 Å². The van der Waals surface area contributed by atoms with E-state index in [0.717, 1.165) is 5.92 Å². The smallest absolute Gasteiger partial charge is 0.212 e. The fourth-order valence-electron chi connectivity index (χ4n) is 2.53. The molecule has 1 saturated carbocycles. The standard InChI is InChI=1S/C13H18FN/c1-2-10-3-5-11(6-4-10)12-7-8-13(14)15-9-12/h7-11H,2-6H2,1H3. The molecule has 1 fully saturated rings. The molecule has 0 unspecified atom stereocenters. The Morgan fingerprint density at radius 3 is 2.53 bits per heavy atom. The largest absolute Gasteiger partial charge is 0.228 e. The molecule has 0 atom stereocenters. The van der Waals surface area contributed by atoms with Crippen molar-refractivity contribution < 1.29 is 4.39 Å². The first-order valence-electron chi connectivity index (χ1n) is 5.91. The Hall–Kier alpha value is -0.920. The molecule has 1 aliphatic carbocycles. The van der Waals surface area contributed by atoms with Gasteiger partial charge in [-0.25, -0.2) is 4.98 Å². The van der Waals surface area contributed by atoms with Crippen LogP contribution in [0.4, 0.5) is 4.39 Å². The summed E-state index contributed by atoms with van der Waals surface area (Å²) in [6.45, 7) is 2.27. The minimum atomic E-state index is -0.374. The van der Waals surface area contributed by atoms with Crippen molar-refractivity contribution in [1.82, 2.24) is 4.98 Å². The van der Waals surface area contributed by atoms with Crippen molar-refractivity contribution in [3.05, 3.63) is 29.8 Å². The van der Waals surface area contributed by atoms with E-state index in [-0.39, 0.29) is 5.95 Å². The van der Waals surface area contributed by atoms with Crippen molar-refractivity contribution in [1.29, 1.82) is 0 Å². The summed E-state index contributed by atoms with van der Waals surface area (Å²) in [7, 11) is 0. The second kappa shape index (κ2) is 4.73. The third kappa shape index (κ3) is 2.55. The van der Waals surface area contributed by atoms with Crippen LogP contribution in [0.3, 0.4) is 0 Å². The average Bonchev–Trinajstić information content (AvgIpc) is 2.30. The lowest BCUT2D eigenvalue weighted by atomic mass is 9.78. The third-order valence-electron chi connectivity index (χ3n) is 3.65. The summed E-state index contributed by atoms with van der Waals surface area (Å²) in [5.41, 5.74) is 1.21. The molecular weight excluding hydrogens is 189 g/mol. The first kappa shape index (κ1) is 10.6. The normalized spacial score (nSPS) is 26.5. The van der Waals surface area contributed by atoms with E-state index in [4.69, 9.17) is 0 Å². The summed E-state index contributed by atoms with van der Waals surface area (Å²) in [5.74, 6) is 1.15. The molecular formula is C13H18FN. The molecule has 1 aliphatic rings. The van der Waals surface area contributed by atoms with Crippen LogP contribution in [0.2, 0.25) is 0 Å². The van der Waals surface area contributed by atoms with Gasteiger partial charge in [-0.2, -0.15) is 4.39 Å². The summed E-state index contributed by atoms with van der Waals surface area (Å²) in [6.07, 6.45) is 8.12. The van der Waals surface area contributed by atoms with Crippen LogP contribution in [0, 0.1) is 11.9 Å². The Morgan fingerprint density at radius 2 is 2.00 bits per heavy atom. The number of nitrogens with zero attached hydrogens (tertiary/aromatic N) is 1. The Kier molecular flexibility index (Phi) is 3.34. The van der Waals surface area contributed by atoms with E-state index in [1.807, 2.05) is 6.07 Å². The fraction of sp³-hybridized carbons (Fsp3) is 0.615. The molecule has 1 aromatic heterocycles. The lowest BCUT2D eigenvalue weighted by Gasteiger charge is -2.27. The van der Waals surface area contributed by atoms with Gasteiger partial charge in [-0.05, 0) is 49.1 Å². The Morgan fingerprint density at radius 1 is 1.27 bits per heavy atom. The molecule has 15 heavy (non-hydrogen) atoms. The van der Waals surface area contributed by atoms with Crippen LogP contribution < -0.4 is 0 Å². The van der Waals surface area contributed by atoms with Gasteiger partial charge in [0.2, 0.25) is 5.95 Å². The van der Waals surface area contributed by atoms with Crippen molar-refractivity contribution in [2.75, 3.05) is 0 Å². The van der Waals surface area contributed by atoms with Crippen LogP contribution in [-0.4, -0.2) is 4.98 Å². The topological polar surface area (TPSA) is 12.9 Å². The molecule has 0 N–H and O–H groups in total. The van der Waals surface area contributed by atoms with E-state index in [1.54, 1.807) is 6.20 Å². The highest BCUT2D eigenvalue weighted by molar-refractivity contribution is 5.15. The van der Waals surface area contributed by atoms with Crippen LogP contribution in [-0.2, 0) is 0 Å². The van der Waals surface area contributed by atoms with Crippen molar-refractivity contribution in [2.24, 2.45) is 5.92 Å². The van der Waals surface area contributed by atoms with Crippen molar-refractivity contribution in [3.63, 3.8) is 0 Å². The van der Waals surface area contributed by atoms with Crippen molar-refractivity contribution >= 4 is 0 Å². The minimum absolute atomic E-state index is 0.374. The molecule has 1 nitrogen and oxygen atoms in total. The zero-order valence-corrected chi connectivity index (χ0v) is 9.25. The lowest BCUT2D eigenvalue weighted by Crippen LogP contribution is -2.12. The molecule has 0 spiro atoms. The Bertz CT molecular complexity index is 299. The molecule has 0 bridgehead atoms. The Labute approximate surface area is 90.7 Å². The zero-order chi connectivity index (χ0) is 10.7. The van der Waals surface area contributed by atoms with Gasteiger partial charge in [0, 0.05) is 6.20 Å². The highest BCUT2D eigenvalue weighted by atomic mass is 19.1. The summed E-state index contributed by atoms with van der Waals surface area (Å²) >= 11 is 0. The predicted octanol–water partition coefficient (Wildman–Crippen LogP) is 3.90. The van der Waals surface area contributed by atoms with Gasteiger partial charge in [0.05, 0.1) is 0 Å². The Balaban J connectivity index is 1.98. The maximum atomic E-state index is 12.7. The van der Waals surface area contributed by atoms with Gasteiger partial charge in [-0.1, -0.05) is 19.4 Å². The SMILES string of the molecule is CCC1CCC(c2ccc(F)nc2)CC1. The summed E-state index contributed by atoms with van der Waals surface area (Å²) in [5, 5.41) is 0. The summed E-state index contributed by atoms with van der Waals surface area (Å²) in [4.78, 5) is 3.73. The molecule has 2 rings (SSSR count). The maximum absolute atomic E-state index is 12.7. The minimum Gasteiger partial charge on any atom is -0.228 e. The second-order valence-corrected chi connectivity index (χ2v) is 4.54. The van der Waals surface area contributed by atoms with Crippen LogP contribution >= 0.6 is 0 Å². The molecule has 1 aromatic rings. The van der Waals surface area contributed by atoms with E-state index >= 15 is 0 Å². The van der Waals surface area contributed by atoms with Gasteiger partial charge in [0.1, 0.15) is 0 Å². The number of hydrogen-bond acceptors (Lipinski definition) is 1. The van der Waals surface area contributed by atoms with E-state index in [0.29, 0.717) is 5.92 Å². The van der Waals surface area contributed by atoms with E-state index in [1.165, 1.54) is 43.7 Å². The first-order valence-corrected chi connectivity index (χ1v) is 5.91. The van der Waals surface area contributed by atoms with Crippen LogP contribution in [0.1, 0.15) is 50.5 Å². The maximum Gasteiger partial charge on any atom is 0.212 e. The predicted molar refractivity (Wildman–Crippen MR) is 59.2 cm³/mol.